The van der Waals surface area contributed by atoms with Crippen molar-refractivity contribution in [2.24, 2.45) is 0 Å². The van der Waals surface area contributed by atoms with Gasteiger partial charge in [0.05, 0.1) is 6.20 Å². The minimum atomic E-state index is 0.376. The Morgan fingerprint density at radius 1 is 1.19 bits per heavy atom. The molecule has 0 unspecified atom stereocenters. The van der Waals surface area contributed by atoms with E-state index >= 15 is 0 Å². The second kappa shape index (κ2) is 4.76. The first kappa shape index (κ1) is 11.3. The number of anilines is 2. The third-order valence-corrected chi connectivity index (χ3v) is 3.21. The van der Waals surface area contributed by atoms with Gasteiger partial charge in [-0.05, 0) is 26.7 Å². The predicted octanol–water partition coefficient (Wildman–Crippen LogP) is 2.43. The average Bonchev–Trinajstić information content (AvgIpc) is 2.50. The van der Waals surface area contributed by atoms with E-state index in [1.165, 1.54) is 25.7 Å². The van der Waals surface area contributed by atoms with E-state index in [-0.39, 0.29) is 0 Å². The van der Waals surface area contributed by atoms with Crippen LogP contribution in [0.4, 0.5) is 11.8 Å². The van der Waals surface area contributed by atoms with Crippen molar-refractivity contribution in [3.63, 3.8) is 0 Å². The van der Waals surface area contributed by atoms with Crippen molar-refractivity contribution in [3.05, 3.63) is 6.20 Å². The molecular weight excluding hydrogens is 200 g/mol. The topological polar surface area (TPSA) is 47.1 Å². The van der Waals surface area contributed by atoms with Crippen LogP contribution in [0.5, 0.6) is 0 Å². The molecule has 4 nitrogen and oxygen atoms in total. The van der Waals surface area contributed by atoms with E-state index in [0.29, 0.717) is 6.04 Å². The van der Waals surface area contributed by atoms with E-state index in [0.717, 1.165) is 24.9 Å². The maximum absolute atomic E-state index is 5.96. The normalized spacial score (nSPS) is 17.8. The van der Waals surface area contributed by atoms with E-state index in [1.54, 1.807) is 6.20 Å². The summed E-state index contributed by atoms with van der Waals surface area (Å²) in [6.45, 7) is 6.53. The van der Waals surface area contributed by atoms with Crippen LogP contribution >= 0.6 is 0 Å². The minimum Gasteiger partial charge on any atom is -0.384 e. The molecule has 0 spiro atoms. The van der Waals surface area contributed by atoms with Crippen molar-refractivity contribution in [1.82, 2.24) is 9.55 Å². The standard InChI is InChI=1S/C12H22N4/c1-10(2)16-11(13)9-14-12(16)15-7-5-3-4-6-8-15/h9-10H,3-8,13H2,1-2H3. The number of rotatable bonds is 2. The third kappa shape index (κ3) is 2.15. The van der Waals surface area contributed by atoms with E-state index in [2.05, 4.69) is 28.3 Å². The highest BCUT2D eigenvalue weighted by molar-refractivity contribution is 5.43. The largest absolute Gasteiger partial charge is 0.384 e. The van der Waals surface area contributed by atoms with E-state index < -0.39 is 0 Å². The molecule has 1 fully saturated rings. The molecule has 2 heterocycles. The monoisotopic (exact) mass is 222 g/mol. The lowest BCUT2D eigenvalue weighted by atomic mass is 10.2. The van der Waals surface area contributed by atoms with Crippen LogP contribution in [0.15, 0.2) is 6.20 Å². The van der Waals surface area contributed by atoms with Gasteiger partial charge in [-0.15, -0.1) is 0 Å². The second-order valence-corrected chi connectivity index (χ2v) is 4.85. The molecule has 1 aliphatic heterocycles. The summed E-state index contributed by atoms with van der Waals surface area (Å²) in [6.07, 6.45) is 7.00. The first-order valence-corrected chi connectivity index (χ1v) is 6.28. The van der Waals surface area contributed by atoms with E-state index in [1.807, 2.05) is 0 Å². The fourth-order valence-corrected chi connectivity index (χ4v) is 2.40. The summed E-state index contributed by atoms with van der Waals surface area (Å²) in [6, 6.07) is 0.376. The molecular formula is C12H22N4. The van der Waals surface area contributed by atoms with Gasteiger partial charge in [-0.3, -0.25) is 4.57 Å². The minimum absolute atomic E-state index is 0.376. The summed E-state index contributed by atoms with van der Waals surface area (Å²) in [4.78, 5) is 6.84. The van der Waals surface area contributed by atoms with Crippen LogP contribution in [-0.4, -0.2) is 22.6 Å². The second-order valence-electron chi connectivity index (χ2n) is 4.85. The maximum Gasteiger partial charge on any atom is 0.207 e. The van der Waals surface area contributed by atoms with Crippen molar-refractivity contribution < 1.29 is 0 Å². The molecule has 16 heavy (non-hydrogen) atoms. The maximum atomic E-state index is 5.96. The summed E-state index contributed by atoms with van der Waals surface area (Å²) in [5.74, 6) is 1.82. The first-order chi connectivity index (χ1) is 7.70. The highest BCUT2D eigenvalue weighted by Crippen LogP contribution is 2.24. The van der Waals surface area contributed by atoms with Gasteiger partial charge in [-0.1, -0.05) is 12.8 Å². The van der Waals surface area contributed by atoms with Gasteiger partial charge in [0.2, 0.25) is 5.95 Å². The lowest BCUT2D eigenvalue weighted by molar-refractivity contribution is 0.590. The van der Waals surface area contributed by atoms with Crippen LogP contribution in [0.1, 0.15) is 45.6 Å². The number of hydrogen-bond donors (Lipinski definition) is 1. The highest BCUT2D eigenvalue weighted by Gasteiger charge is 2.18. The van der Waals surface area contributed by atoms with Gasteiger partial charge < -0.3 is 10.6 Å². The van der Waals surface area contributed by atoms with Gasteiger partial charge in [-0.25, -0.2) is 4.98 Å². The number of nitrogens with two attached hydrogens (primary N) is 1. The predicted molar refractivity (Wildman–Crippen MR) is 67.7 cm³/mol. The molecule has 4 heteroatoms. The zero-order valence-corrected chi connectivity index (χ0v) is 10.3. The van der Waals surface area contributed by atoms with Crippen LogP contribution in [0.3, 0.4) is 0 Å². The van der Waals surface area contributed by atoms with Gasteiger partial charge in [0, 0.05) is 19.1 Å². The number of nitrogen functional groups attached to an aromatic ring is 1. The molecule has 0 saturated carbocycles. The molecule has 0 aliphatic carbocycles. The van der Waals surface area contributed by atoms with Gasteiger partial charge in [-0.2, -0.15) is 0 Å². The Hall–Kier alpha value is -1.19. The quantitative estimate of drug-likeness (QED) is 0.836. The molecule has 1 aromatic rings. The van der Waals surface area contributed by atoms with Crippen molar-refractivity contribution in [1.29, 1.82) is 0 Å². The van der Waals surface area contributed by atoms with Crippen LogP contribution < -0.4 is 10.6 Å². The summed E-state index contributed by atoms with van der Waals surface area (Å²) < 4.78 is 2.13. The fourth-order valence-electron chi connectivity index (χ4n) is 2.40. The molecule has 2 N–H and O–H groups in total. The smallest absolute Gasteiger partial charge is 0.207 e. The van der Waals surface area contributed by atoms with Crippen LogP contribution in [0.25, 0.3) is 0 Å². The van der Waals surface area contributed by atoms with Crippen molar-refractivity contribution in [2.75, 3.05) is 23.7 Å². The Morgan fingerprint density at radius 3 is 2.38 bits per heavy atom. The summed E-state index contributed by atoms with van der Waals surface area (Å²) >= 11 is 0. The zero-order valence-electron chi connectivity index (χ0n) is 10.3. The molecule has 90 valence electrons. The van der Waals surface area contributed by atoms with Crippen LogP contribution in [0.2, 0.25) is 0 Å². The molecule has 0 atom stereocenters. The average molecular weight is 222 g/mol. The van der Waals surface area contributed by atoms with Crippen molar-refractivity contribution in [3.8, 4) is 0 Å². The van der Waals surface area contributed by atoms with Gasteiger partial charge >= 0.3 is 0 Å². The van der Waals surface area contributed by atoms with Gasteiger partial charge in [0.25, 0.3) is 0 Å². The Labute approximate surface area is 97.4 Å². The van der Waals surface area contributed by atoms with Crippen LogP contribution in [-0.2, 0) is 0 Å². The highest BCUT2D eigenvalue weighted by atomic mass is 15.3. The molecule has 0 radical (unpaired) electrons. The molecule has 2 rings (SSSR count). The molecule has 1 aromatic heterocycles. The molecule has 1 aliphatic rings. The number of imidazole rings is 1. The molecule has 1 saturated heterocycles. The SMILES string of the molecule is CC(C)n1c(N)cnc1N1CCCCCC1. The Balaban J connectivity index is 2.24. The Bertz CT molecular complexity index is 335. The first-order valence-electron chi connectivity index (χ1n) is 6.28. The lowest BCUT2D eigenvalue weighted by Crippen LogP contribution is -2.28. The fraction of sp³-hybridized carbons (Fsp3) is 0.750. The summed E-state index contributed by atoms with van der Waals surface area (Å²) in [7, 11) is 0. The number of aromatic nitrogens is 2. The van der Waals surface area contributed by atoms with Crippen LogP contribution in [0, 0.1) is 0 Å². The number of hydrogen-bond acceptors (Lipinski definition) is 3. The van der Waals surface area contributed by atoms with E-state index in [9.17, 15) is 0 Å². The third-order valence-electron chi connectivity index (χ3n) is 3.21. The Kier molecular flexibility index (Phi) is 3.36. The Morgan fingerprint density at radius 2 is 1.81 bits per heavy atom. The summed E-state index contributed by atoms with van der Waals surface area (Å²) in [5, 5.41) is 0. The zero-order chi connectivity index (χ0) is 11.5. The molecule has 0 bridgehead atoms. The van der Waals surface area contributed by atoms with Gasteiger partial charge in [0.15, 0.2) is 0 Å². The van der Waals surface area contributed by atoms with E-state index in [4.69, 9.17) is 5.73 Å². The lowest BCUT2D eigenvalue weighted by Gasteiger charge is -2.24. The molecule has 0 aromatic carbocycles. The van der Waals surface area contributed by atoms with Crippen molar-refractivity contribution in [2.45, 2.75) is 45.6 Å². The van der Waals surface area contributed by atoms with Gasteiger partial charge in [0.1, 0.15) is 5.82 Å². The summed E-state index contributed by atoms with van der Waals surface area (Å²) in [5.41, 5.74) is 5.96. The van der Waals surface area contributed by atoms with Crippen molar-refractivity contribution >= 4 is 11.8 Å². The molecule has 0 amide bonds. The number of nitrogens with zero attached hydrogens (tertiary/aromatic N) is 3.